The zero-order valence-corrected chi connectivity index (χ0v) is 12.8. The lowest BCUT2D eigenvalue weighted by atomic mass is 10.0. The fourth-order valence-electron chi connectivity index (χ4n) is 2.65. The Morgan fingerprint density at radius 3 is 2.41 bits per heavy atom. The van der Waals surface area contributed by atoms with E-state index in [4.69, 9.17) is 0 Å². The second-order valence-electron chi connectivity index (χ2n) is 5.43. The van der Waals surface area contributed by atoms with E-state index in [0.717, 1.165) is 12.1 Å². The highest BCUT2D eigenvalue weighted by molar-refractivity contribution is 5.53. The van der Waals surface area contributed by atoms with E-state index in [9.17, 15) is 15.3 Å². The third-order valence-electron chi connectivity index (χ3n) is 3.81. The van der Waals surface area contributed by atoms with Crippen LogP contribution in [0.1, 0.15) is 18.1 Å². The quantitative estimate of drug-likeness (QED) is 0.734. The van der Waals surface area contributed by atoms with Gasteiger partial charge in [-0.15, -0.1) is 0 Å². The molecular weight excluding hydrogens is 278 g/mol. The normalized spacial score (nSPS) is 12.1. The highest BCUT2D eigenvalue weighted by Gasteiger charge is 2.16. The summed E-state index contributed by atoms with van der Waals surface area (Å²) in [4.78, 5) is 2.09. The van der Waals surface area contributed by atoms with Crippen molar-refractivity contribution in [2.24, 2.45) is 0 Å². The zero-order valence-electron chi connectivity index (χ0n) is 12.8. The van der Waals surface area contributed by atoms with Crippen molar-refractivity contribution in [3.05, 3.63) is 59.7 Å². The van der Waals surface area contributed by atoms with Crippen LogP contribution in [0.3, 0.4) is 0 Å². The molecule has 4 nitrogen and oxygen atoms in total. The topological polar surface area (TPSA) is 63.9 Å². The number of nitrogens with zero attached hydrogens (tertiary/aromatic N) is 1. The van der Waals surface area contributed by atoms with Gasteiger partial charge in [0.2, 0.25) is 0 Å². The van der Waals surface area contributed by atoms with Gasteiger partial charge in [-0.3, -0.25) is 0 Å². The van der Waals surface area contributed by atoms with Gasteiger partial charge in [0.05, 0.1) is 13.2 Å². The first-order valence-electron chi connectivity index (χ1n) is 7.50. The van der Waals surface area contributed by atoms with Crippen LogP contribution in [-0.2, 0) is 13.0 Å². The lowest BCUT2D eigenvalue weighted by Gasteiger charge is -2.31. The Kier molecular flexibility index (Phi) is 5.81. The van der Waals surface area contributed by atoms with Gasteiger partial charge in [0.25, 0.3) is 0 Å². The minimum Gasteiger partial charge on any atom is -0.508 e. The fraction of sp³-hybridized carbons (Fsp3) is 0.333. The summed E-state index contributed by atoms with van der Waals surface area (Å²) < 4.78 is 0. The summed E-state index contributed by atoms with van der Waals surface area (Å²) in [6.07, 6.45) is 0.857. The van der Waals surface area contributed by atoms with E-state index in [1.807, 2.05) is 24.3 Å². The molecule has 0 spiro atoms. The Morgan fingerprint density at radius 2 is 1.77 bits per heavy atom. The van der Waals surface area contributed by atoms with Crippen LogP contribution in [0, 0.1) is 0 Å². The van der Waals surface area contributed by atoms with E-state index in [0.29, 0.717) is 12.1 Å². The van der Waals surface area contributed by atoms with Crippen molar-refractivity contribution in [2.45, 2.75) is 26.0 Å². The van der Waals surface area contributed by atoms with Crippen molar-refractivity contribution >= 4 is 5.69 Å². The van der Waals surface area contributed by atoms with Gasteiger partial charge in [-0.2, -0.15) is 0 Å². The molecule has 0 heterocycles. The van der Waals surface area contributed by atoms with Crippen molar-refractivity contribution in [3.63, 3.8) is 0 Å². The number of hydrogen-bond acceptors (Lipinski definition) is 4. The molecule has 0 radical (unpaired) electrons. The summed E-state index contributed by atoms with van der Waals surface area (Å²) in [5.74, 6) is 0.0888. The molecule has 0 aliphatic carbocycles. The first kappa shape index (κ1) is 16.3. The maximum Gasteiger partial charge on any atom is 0.121 e. The predicted octanol–water partition coefficient (Wildman–Crippen LogP) is 2.31. The van der Waals surface area contributed by atoms with Gasteiger partial charge in [-0.1, -0.05) is 30.3 Å². The molecule has 4 heteroatoms. The van der Waals surface area contributed by atoms with E-state index in [-0.39, 0.29) is 25.0 Å². The van der Waals surface area contributed by atoms with Crippen molar-refractivity contribution in [1.29, 1.82) is 0 Å². The molecule has 0 amide bonds. The van der Waals surface area contributed by atoms with E-state index in [1.54, 1.807) is 12.1 Å². The molecule has 0 saturated heterocycles. The molecule has 3 N–H and O–H groups in total. The maximum absolute atomic E-state index is 9.69. The lowest BCUT2D eigenvalue weighted by molar-refractivity contribution is 0.275. The van der Waals surface area contributed by atoms with Crippen LogP contribution in [0.2, 0.25) is 0 Å². The molecule has 1 unspecified atom stereocenters. The average molecular weight is 301 g/mol. The SMILES string of the molecule is CC(Cc1ccccc1)N(CCO)c1ccc(O)c(CO)c1. The Balaban J connectivity index is 2.21. The number of aromatic hydroxyl groups is 1. The Labute approximate surface area is 131 Å². The van der Waals surface area contributed by atoms with Gasteiger partial charge in [0.15, 0.2) is 0 Å². The standard InChI is InChI=1S/C18H23NO3/c1-14(11-15-5-3-2-4-6-15)19(9-10-20)17-7-8-18(22)16(12-17)13-21/h2-8,12,14,20-22H,9-11,13H2,1H3. The molecule has 2 rings (SSSR count). The summed E-state index contributed by atoms with van der Waals surface area (Å²) in [6, 6.07) is 15.6. The molecule has 22 heavy (non-hydrogen) atoms. The Morgan fingerprint density at radius 1 is 1.05 bits per heavy atom. The highest BCUT2D eigenvalue weighted by atomic mass is 16.3. The number of anilines is 1. The van der Waals surface area contributed by atoms with Gasteiger partial charge in [-0.25, -0.2) is 0 Å². The van der Waals surface area contributed by atoms with Crippen LogP contribution in [0.25, 0.3) is 0 Å². The summed E-state index contributed by atoms with van der Waals surface area (Å²) in [5, 5.41) is 28.3. The number of aliphatic hydroxyl groups excluding tert-OH is 2. The van der Waals surface area contributed by atoms with Crippen molar-refractivity contribution in [2.75, 3.05) is 18.1 Å². The van der Waals surface area contributed by atoms with Gasteiger partial charge >= 0.3 is 0 Å². The number of hydrogen-bond donors (Lipinski definition) is 3. The molecule has 0 aromatic heterocycles. The van der Waals surface area contributed by atoms with Crippen LogP contribution in [0.4, 0.5) is 5.69 Å². The molecule has 2 aromatic carbocycles. The second-order valence-corrected chi connectivity index (χ2v) is 5.43. The number of phenols is 1. The zero-order chi connectivity index (χ0) is 15.9. The third kappa shape index (κ3) is 4.00. The van der Waals surface area contributed by atoms with E-state index in [1.165, 1.54) is 5.56 Å². The second kappa shape index (κ2) is 7.82. The summed E-state index contributed by atoms with van der Waals surface area (Å²) in [6.45, 7) is 2.45. The van der Waals surface area contributed by atoms with Crippen molar-refractivity contribution in [3.8, 4) is 5.75 Å². The smallest absolute Gasteiger partial charge is 0.121 e. The molecule has 0 aliphatic rings. The summed E-state index contributed by atoms with van der Waals surface area (Å²) in [7, 11) is 0. The molecule has 0 fully saturated rings. The maximum atomic E-state index is 9.69. The van der Waals surface area contributed by atoms with Crippen molar-refractivity contribution < 1.29 is 15.3 Å². The van der Waals surface area contributed by atoms with Crippen LogP contribution < -0.4 is 4.90 Å². The van der Waals surface area contributed by atoms with Crippen LogP contribution in [0.15, 0.2) is 48.5 Å². The van der Waals surface area contributed by atoms with E-state index in [2.05, 4.69) is 24.0 Å². The first-order chi connectivity index (χ1) is 10.7. The highest BCUT2D eigenvalue weighted by Crippen LogP contribution is 2.26. The number of aliphatic hydroxyl groups is 2. The van der Waals surface area contributed by atoms with Gasteiger partial charge in [0, 0.05) is 23.8 Å². The molecular formula is C18H23NO3. The molecule has 1 atom stereocenters. The van der Waals surface area contributed by atoms with Crippen molar-refractivity contribution in [1.82, 2.24) is 0 Å². The lowest BCUT2D eigenvalue weighted by Crippen LogP contribution is -2.37. The average Bonchev–Trinajstić information content (AvgIpc) is 2.54. The van der Waals surface area contributed by atoms with Gasteiger partial charge in [0.1, 0.15) is 5.75 Å². The van der Waals surface area contributed by atoms with E-state index >= 15 is 0 Å². The molecule has 118 valence electrons. The summed E-state index contributed by atoms with van der Waals surface area (Å²) in [5.41, 5.74) is 2.62. The summed E-state index contributed by atoms with van der Waals surface area (Å²) >= 11 is 0. The van der Waals surface area contributed by atoms with Crippen LogP contribution in [0.5, 0.6) is 5.75 Å². The van der Waals surface area contributed by atoms with Gasteiger partial charge in [-0.05, 0) is 37.1 Å². The van der Waals surface area contributed by atoms with E-state index < -0.39 is 0 Å². The van der Waals surface area contributed by atoms with Crippen LogP contribution in [-0.4, -0.2) is 34.5 Å². The third-order valence-corrected chi connectivity index (χ3v) is 3.81. The molecule has 0 aliphatic heterocycles. The monoisotopic (exact) mass is 301 g/mol. The van der Waals surface area contributed by atoms with Crippen LogP contribution >= 0.6 is 0 Å². The Hall–Kier alpha value is -2.04. The molecule has 2 aromatic rings. The molecule has 0 saturated carbocycles. The Bertz CT molecular complexity index is 586. The largest absolute Gasteiger partial charge is 0.508 e. The minimum atomic E-state index is -0.209. The number of benzene rings is 2. The van der Waals surface area contributed by atoms with Gasteiger partial charge < -0.3 is 20.2 Å². The first-order valence-corrected chi connectivity index (χ1v) is 7.50. The molecule has 0 bridgehead atoms. The number of rotatable bonds is 7. The predicted molar refractivity (Wildman–Crippen MR) is 88.1 cm³/mol. The fourth-order valence-corrected chi connectivity index (χ4v) is 2.65. The minimum absolute atomic E-state index is 0.0501.